The predicted molar refractivity (Wildman–Crippen MR) is 149 cm³/mol. The van der Waals surface area contributed by atoms with E-state index < -0.39 is 12.2 Å². The van der Waals surface area contributed by atoms with Gasteiger partial charge in [-0.15, -0.1) is 0 Å². The summed E-state index contributed by atoms with van der Waals surface area (Å²) in [6.07, 6.45) is 5.37. The number of ether oxygens (including phenoxy) is 4. The molecule has 10 heteroatoms. The molecule has 0 bridgehead atoms. The van der Waals surface area contributed by atoms with E-state index in [-0.39, 0.29) is 12.2 Å². The number of unbranched alkanes of at least 4 members (excludes halogenated alkanes) is 2. The number of piperidine rings is 2. The minimum absolute atomic E-state index is 0.219. The van der Waals surface area contributed by atoms with Gasteiger partial charge in [-0.1, -0.05) is 24.3 Å². The van der Waals surface area contributed by atoms with Gasteiger partial charge < -0.3 is 34.1 Å². The third-order valence-corrected chi connectivity index (χ3v) is 6.89. The smallest absolute Gasteiger partial charge is 0.415 e. The van der Waals surface area contributed by atoms with Gasteiger partial charge in [0, 0.05) is 51.6 Å². The van der Waals surface area contributed by atoms with Crippen molar-refractivity contribution in [2.45, 2.75) is 57.5 Å². The van der Waals surface area contributed by atoms with Crippen LogP contribution >= 0.6 is 0 Å². The highest BCUT2D eigenvalue weighted by molar-refractivity contribution is 5.71. The van der Waals surface area contributed by atoms with E-state index in [0.717, 1.165) is 45.2 Å². The quantitative estimate of drug-likeness (QED) is 0.362. The number of alkyl carbamates (subject to hydrolysis) is 1. The molecule has 2 heterocycles. The molecule has 0 spiro atoms. The lowest BCUT2D eigenvalue weighted by atomic mass is 10.1. The van der Waals surface area contributed by atoms with E-state index in [0.29, 0.717) is 56.3 Å². The van der Waals surface area contributed by atoms with Crippen LogP contribution in [0.2, 0.25) is 0 Å². The van der Waals surface area contributed by atoms with Crippen LogP contribution in [0.1, 0.15) is 51.4 Å². The van der Waals surface area contributed by atoms with Gasteiger partial charge in [0.05, 0.1) is 6.61 Å². The Morgan fingerprint density at radius 2 is 1.45 bits per heavy atom. The fraction of sp³-hybridized carbons (Fsp3) is 0.500. The van der Waals surface area contributed by atoms with Crippen LogP contribution in [-0.2, 0) is 9.47 Å². The number of benzene rings is 2. The Morgan fingerprint density at radius 1 is 0.750 bits per heavy atom. The largest absolute Gasteiger partial charge is 0.457 e. The summed E-state index contributed by atoms with van der Waals surface area (Å²) < 4.78 is 22.2. The zero-order chi connectivity index (χ0) is 28.0. The van der Waals surface area contributed by atoms with E-state index in [1.54, 1.807) is 34.1 Å². The highest BCUT2D eigenvalue weighted by Gasteiger charge is 2.26. The summed E-state index contributed by atoms with van der Waals surface area (Å²) in [7, 11) is 0. The number of likely N-dealkylation sites (tertiary alicyclic amines) is 2. The summed E-state index contributed by atoms with van der Waals surface area (Å²) in [6.45, 7) is 3.34. The number of nitrogens with one attached hydrogen (secondary N) is 1. The zero-order valence-corrected chi connectivity index (χ0v) is 22.9. The van der Waals surface area contributed by atoms with Crippen LogP contribution in [0.15, 0.2) is 54.6 Å². The van der Waals surface area contributed by atoms with E-state index in [1.165, 1.54) is 6.42 Å². The second-order valence-corrected chi connectivity index (χ2v) is 10.00. The Labute approximate surface area is 235 Å². The number of hydrogen-bond donors (Lipinski definition) is 1. The third-order valence-electron chi connectivity index (χ3n) is 6.89. The van der Waals surface area contributed by atoms with Gasteiger partial charge in [0.15, 0.2) is 0 Å². The van der Waals surface area contributed by atoms with Crippen molar-refractivity contribution in [3.63, 3.8) is 0 Å². The van der Waals surface area contributed by atoms with E-state index in [2.05, 4.69) is 5.32 Å². The highest BCUT2D eigenvalue weighted by Crippen LogP contribution is 2.26. The van der Waals surface area contributed by atoms with Crippen LogP contribution in [0.5, 0.6) is 17.2 Å². The highest BCUT2D eigenvalue weighted by atomic mass is 16.6. The molecular formula is C30H39N3O7. The minimum Gasteiger partial charge on any atom is -0.457 e. The fourth-order valence-electron chi connectivity index (χ4n) is 4.66. The van der Waals surface area contributed by atoms with Gasteiger partial charge in [-0.05, 0) is 62.8 Å². The molecule has 216 valence electrons. The molecule has 0 atom stereocenters. The van der Waals surface area contributed by atoms with Crippen molar-refractivity contribution in [2.24, 2.45) is 0 Å². The molecule has 0 aliphatic carbocycles. The van der Waals surface area contributed by atoms with Crippen molar-refractivity contribution in [1.82, 2.24) is 15.1 Å². The summed E-state index contributed by atoms with van der Waals surface area (Å²) in [6, 6.07) is 16.3. The van der Waals surface area contributed by atoms with Crippen LogP contribution in [0.4, 0.5) is 14.4 Å². The fourth-order valence-corrected chi connectivity index (χ4v) is 4.66. The lowest BCUT2D eigenvalue weighted by molar-refractivity contribution is 0.0525. The molecule has 40 heavy (non-hydrogen) atoms. The van der Waals surface area contributed by atoms with E-state index in [1.807, 2.05) is 30.3 Å². The van der Waals surface area contributed by atoms with E-state index in [4.69, 9.17) is 18.9 Å². The van der Waals surface area contributed by atoms with Gasteiger partial charge in [-0.3, -0.25) is 0 Å². The van der Waals surface area contributed by atoms with Crippen molar-refractivity contribution in [2.75, 3.05) is 39.3 Å². The first-order chi connectivity index (χ1) is 19.6. The Bertz CT molecular complexity index is 1080. The summed E-state index contributed by atoms with van der Waals surface area (Å²) >= 11 is 0. The van der Waals surface area contributed by atoms with E-state index >= 15 is 0 Å². The van der Waals surface area contributed by atoms with Gasteiger partial charge in [0.2, 0.25) is 0 Å². The number of amides is 3. The number of nitrogens with zero attached hydrogens (tertiary/aromatic N) is 2. The first-order valence-corrected chi connectivity index (χ1v) is 14.2. The summed E-state index contributed by atoms with van der Waals surface area (Å²) in [5.74, 6) is 1.67. The molecule has 0 aromatic heterocycles. The van der Waals surface area contributed by atoms with Crippen LogP contribution < -0.4 is 14.8 Å². The maximum atomic E-state index is 12.6. The molecule has 2 aliphatic rings. The molecule has 2 aromatic carbocycles. The molecule has 4 rings (SSSR count). The Morgan fingerprint density at radius 3 is 2.23 bits per heavy atom. The Hall–Kier alpha value is -3.95. The van der Waals surface area contributed by atoms with Crippen LogP contribution in [0.25, 0.3) is 0 Å². The second kappa shape index (κ2) is 15.6. The average molecular weight is 554 g/mol. The van der Waals surface area contributed by atoms with Gasteiger partial charge in [0.25, 0.3) is 0 Å². The van der Waals surface area contributed by atoms with Crippen LogP contribution in [0.3, 0.4) is 0 Å². The third kappa shape index (κ3) is 9.66. The zero-order valence-electron chi connectivity index (χ0n) is 22.9. The Kier molecular flexibility index (Phi) is 11.3. The minimum atomic E-state index is -0.451. The lowest BCUT2D eigenvalue weighted by Crippen LogP contribution is -2.43. The van der Waals surface area contributed by atoms with Crippen LogP contribution in [0, 0.1) is 0 Å². The molecule has 3 amide bonds. The second-order valence-electron chi connectivity index (χ2n) is 10.00. The SMILES string of the molecule is O=C(NCCCCCOC(=O)N1CCCCC1)OC1CCN(C(=O)Oc2cccc(Oc3ccccc3)c2)CC1. The molecule has 0 unspecified atom stereocenters. The summed E-state index contributed by atoms with van der Waals surface area (Å²) in [5, 5.41) is 2.78. The van der Waals surface area contributed by atoms with Gasteiger partial charge in [0.1, 0.15) is 23.4 Å². The molecule has 2 aliphatic heterocycles. The van der Waals surface area contributed by atoms with Crippen LogP contribution in [-0.4, -0.2) is 73.5 Å². The van der Waals surface area contributed by atoms with Crippen molar-refractivity contribution in [3.05, 3.63) is 54.6 Å². The van der Waals surface area contributed by atoms with Gasteiger partial charge in [-0.2, -0.15) is 0 Å². The number of rotatable bonds is 10. The molecule has 2 saturated heterocycles. The summed E-state index contributed by atoms with van der Waals surface area (Å²) in [5.41, 5.74) is 0. The molecule has 1 N–H and O–H groups in total. The van der Waals surface area contributed by atoms with Gasteiger partial charge >= 0.3 is 18.3 Å². The monoisotopic (exact) mass is 553 g/mol. The first kappa shape index (κ1) is 29.0. The average Bonchev–Trinajstić information content (AvgIpc) is 2.98. The lowest BCUT2D eigenvalue weighted by Gasteiger charge is -2.30. The maximum Gasteiger partial charge on any atom is 0.415 e. The van der Waals surface area contributed by atoms with Gasteiger partial charge in [-0.25, -0.2) is 14.4 Å². The van der Waals surface area contributed by atoms with Crippen molar-refractivity contribution >= 4 is 18.3 Å². The predicted octanol–water partition coefficient (Wildman–Crippen LogP) is 5.96. The first-order valence-electron chi connectivity index (χ1n) is 14.2. The molecule has 2 fully saturated rings. The number of hydrogen-bond acceptors (Lipinski definition) is 7. The molecule has 0 radical (unpaired) electrons. The van der Waals surface area contributed by atoms with E-state index in [9.17, 15) is 14.4 Å². The summed E-state index contributed by atoms with van der Waals surface area (Å²) in [4.78, 5) is 40.2. The molecule has 0 saturated carbocycles. The molecule has 10 nitrogen and oxygen atoms in total. The molecular weight excluding hydrogens is 514 g/mol. The standard InChI is InChI=1S/C30H39N3O7/c34-28(31-17-6-2-9-22-37-29(35)32-18-7-3-8-19-32)39-25-15-20-33(21-16-25)30(36)40-27-14-10-13-26(23-27)38-24-11-4-1-5-12-24/h1,4-5,10-14,23,25H,2-3,6-9,15-22H2,(H,31,34). The topological polar surface area (TPSA) is 107 Å². The maximum absolute atomic E-state index is 12.6. The number of carbonyl (C=O) groups excluding carboxylic acids is 3. The van der Waals surface area contributed by atoms with Crippen molar-refractivity contribution in [3.8, 4) is 17.2 Å². The van der Waals surface area contributed by atoms with Crippen molar-refractivity contribution < 1.29 is 33.3 Å². The normalized spacial score (nSPS) is 15.7. The molecule has 2 aromatic rings. The number of carbonyl (C=O) groups is 3. The van der Waals surface area contributed by atoms with Crippen molar-refractivity contribution in [1.29, 1.82) is 0 Å². The Balaban J connectivity index is 1.05. The number of para-hydroxylation sites is 1.